The van der Waals surface area contributed by atoms with Crippen LogP contribution < -0.4 is 16.0 Å². The summed E-state index contributed by atoms with van der Waals surface area (Å²) in [7, 11) is -5.59. The number of aliphatic hydroxyl groups is 22. The number of hydrogen-bond donors (Lipinski definition) is 26. The molecule has 0 aromatic carbocycles. The Morgan fingerprint density at radius 3 is 1.12 bits per heavy atom. The Morgan fingerprint density at radius 1 is 0.320 bits per heavy atom. The number of hydrogen-bond acceptors (Lipinski definition) is 44. The molecule has 0 spiro atoms. The Labute approximate surface area is 580 Å². The third kappa shape index (κ3) is 19.1. The first-order chi connectivity index (χ1) is 48.4. The van der Waals surface area contributed by atoms with E-state index in [-0.39, 0.29) is 0 Å². The second-order valence-electron chi connectivity index (χ2n) is 25.1. The van der Waals surface area contributed by atoms with Crippen molar-refractivity contribution in [3.05, 3.63) is 0 Å². The molecule has 8 rings (SSSR count). The lowest BCUT2D eigenvalue weighted by Crippen LogP contribution is -2.71. The van der Waals surface area contributed by atoms with Gasteiger partial charge in [-0.3, -0.25) is 18.9 Å². The summed E-state index contributed by atoms with van der Waals surface area (Å²) in [6.07, 6.45) is -80.1. The zero-order valence-corrected chi connectivity index (χ0v) is 55.0. The quantitative estimate of drug-likeness (QED) is 0.0358. The van der Waals surface area contributed by atoms with Crippen molar-refractivity contribution in [1.82, 2.24) is 16.0 Å². The van der Waals surface area contributed by atoms with E-state index in [1.54, 1.807) is 0 Å². The maximum Gasteiger partial charge on any atom is 0.449 e. The van der Waals surface area contributed by atoms with Crippen molar-refractivity contribution in [2.45, 2.75) is 266 Å². The van der Waals surface area contributed by atoms with Crippen molar-refractivity contribution >= 4 is 34.1 Å². The summed E-state index contributed by atoms with van der Waals surface area (Å²) >= 11 is 0. The number of amides is 3. The molecule has 3 amide bonds. The standard InChI is InChI=1S/C54H89N3O45S/c1-11(64)55-21-28(71)39(17(7-61)88-46(21)82)95-48-22(56-12(2)65)29(72)41(18(8-62)92-48)97-53-38(81)43(27(70)20(94-53)10-87-50-35(78)31(74)24(67)14(4-58)89-50)99-54-45(33(76)25(68)15(5-59)91-54)101-49-23(57-13(3)66)30(73)40(19(9-63)93-49)96-52-37(80)42(26(69)16(6-60)90-52)98-51-36(79)32(75)34(77)44(100-51)47(83)102-103(84,85)86/h14-46,48-54,58-63,67-82H,4-10H2,1-3H3,(H,55,64)(H,56,65)(H,57,66)(H,84,85,86)/t14-,15-,16-,17-,18-,19-,20-,21-,22-,23-,24-,25-,26+,27-,28-,29-,30-,31+,32+,33+,34+,35+,36-,37-,38+,39-,40-,41-,42+,43+,44+,45+,46-,48+,49+,50+,51-,52+,53+,54-/m1/s1. The van der Waals surface area contributed by atoms with E-state index in [0.717, 1.165) is 20.8 Å². The van der Waals surface area contributed by atoms with E-state index in [1.165, 1.54) is 0 Å². The minimum Gasteiger partial charge on any atom is -0.394 e. The van der Waals surface area contributed by atoms with E-state index in [9.17, 15) is 140 Å². The van der Waals surface area contributed by atoms with Crippen LogP contribution in [0.5, 0.6) is 0 Å². The van der Waals surface area contributed by atoms with Crippen LogP contribution in [0.3, 0.4) is 0 Å². The minimum atomic E-state index is -5.59. The molecule has 0 unspecified atom stereocenters. The molecule has 8 aliphatic rings. The summed E-state index contributed by atoms with van der Waals surface area (Å²) in [5, 5.41) is 250. The molecular weight excluding hydrogens is 1440 g/mol. The molecule has 0 aromatic heterocycles. The van der Waals surface area contributed by atoms with Crippen LogP contribution in [0.1, 0.15) is 20.8 Å². The highest BCUT2D eigenvalue weighted by Crippen LogP contribution is 2.39. The van der Waals surface area contributed by atoms with E-state index in [1.807, 2.05) is 0 Å². The maximum atomic E-state index is 13.0. The van der Waals surface area contributed by atoms with Crippen LogP contribution in [0.4, 0.5) is 0 Å². The van der Waals surface area contributed by atoms with Crippen LogP contribution in [0, 0.1) is 0 Å². The third-order valence-electron chi connectivity index (χ3n) is 18.0. The Bertz CT molecular complexity index is 2870. The van der Waals surface area contributed by atoms with Crippen molar-refractivity contribution in [3.8, 4) is 0 Å². The molecule has 0 radical (unpaired) electrons. The molecule has 8 fully saturated rings. The number of nitrogens with one attached hydrogen (secondary N) is 3. The second-order valence-corrected chi connectivity index (χ2v) is 26.2. The number of carbonyl (C=O) groups excluding carboxylic acids is 4. The van der Waals surface area contributed by atoms with Gasteiger partial charge in [0.05, 0.1) is 46.2 Å². The fourth-order valence-electron chi connectivity index (χ4n) is 12.7. The molecule has 8 saturated heterocycles. The lowest BCUT2D eigenvalue weighted by molar-refractivity contribution is -0.398. The van der Waals surface area contributed by atoms with Gasteiger partial charge in [0, 0.05) is 20.8 Å². The normalized spacial score (nSPS) is 47.8. The first-order valence-corrected chi connectivity index (χ1v) is 33.2. The monoisotopic (exact) mass is 1530 g/mol. The highest BCUT2D eigenvalue weighted by atomic mass is 32.3. The molecule has 8 heterocycles. The van der Waals surface area contributed by atoms with Gasteiger partial charge in [-0.05, 0) is 0 Å². The van der Waals surface area contributed by atoms with Gasteiger partial charge in [-0.2, -0.15) is 8.42 Å². The Balaban J connectivity index is 1.07. The highest BCUT2D eigenvalue weighted by Gasteiger charge is 2.60. The van der Waals surface area contributed by atoms with Gasteiger partial charge in [0.25, 0.3) is 0 Å². The van der Waals surface area contributed by atoms with Crippen LogP contribution in [-0.4, -0.2) is 441 Å². The average Bonchev–Trinajstić information content (AvgIpc) is 0.768. The maximum absolute atomic E-state index is 13.0. The first-order valence-electron chi connectivity index (χ1n) is 31.8. The predicted octanol–water partition coefficient (Wildman–Crippen LogP) is -18.7. The minimum absolute atomic E-state index is 0.772. The zero-order valence-electron chi connectivity index (χ0n) is 54.2. The number of ether oxygens (including phenoxy) is 15. The highest BCUT2D eigenvalue weighted by molar-refractivity contribution is 7.81. The Morgan fingerprint density at radius 2 is 0.650 bits per heavy atom. The second kappa shape index (κ2) is 36.2. The van der Waals surface area contributed by atoms with Gasteiger partial charge in [-0.1, -0.05) is 0 Å². The summed E-state index contributed by atoms with van der Waals surface area (Å²) in [5.74, 6) is -4.78. The van der Waals surface area contributed by atoms with Gasteiger partial charge < -0.3 is 204 Å². The summed E-state index contributed by atoms with van der Waals surface area (Å²) in [6, 6.07) is -5.55. The average molecular weight is 1530 g/mol. The van der Waals surface area contributed by atoms with Crippen LogP contribution >= 0.6 is 0 Å². The summed E-state index contributed by atoms with van der Waals surface area (Å²) in [6.45, 7) is -4.89. The van der Waals surface area contributed by atoms with Crippen LogP contribution in [0.25, 0.3) is 0 Å². The van der Waals surface area contributed by atoms with Crippen LogP contribution in [-0.2, 0) is 105 Å². The molecular formula is C54H89N3O45S. The molecule has 26 N–H and O–H groups in total. The fraction of sp³-hybridized carbons (Fsp3) is 0.926. The molecule has 8 aliphatic heterocycles. The largest absolute Gasteiger partial charge is 0.449 e. The van der Waals surface area contributed by atoms with Gasteiger partial charge in [-0.15, -0.1) is 0 Å². The summed E-state index contributed by atoms with van der Waals surface area (Å²) in [4.78, 5) is 50.3. The molecule has 596 valence electrons. The molecule has 0 aromatic rings. The van der Waals surface area contributed by atoms with E-state index < -0.39 is 326 Å². The topological polar surface area (TPSA) is 751 Å². The lowest BCUT2D eigenvalue weighted by Gasteiger charge is -2.51. The predicted molar refractivity (Wildman–Crippen MR) is 310 cm³/mol. The third-order valence-corrected chi connectivity index (χ3v) is 18.4. The van der Waals surface area contributed by atoms with Crippen LogP contribution in [0.2, 0.25) is 0 Å². The molecule has 0 aliphatic carbocycles. The fourth-order valence-corrected chi connectivity index (χ4v) is 13.0. The van der Waals surface area contributed by atoms with Gasteiger partial charge >= 0.3 is 16.4 Å². The van der Waals surface area contributed by atoms with Crippen molar-refractivity contribution in [2.75, 3.05) is 46.2 Å². The van der Waals surface area contributed by atoms with Crippen molar-refractivity contribution < 1.29 is 220 Å². The van der Waals surface area contributed by atoms with Gasteiger partial charge in [0.2, 0.25) is 17.7 Å². The molecule has 103 heavy (non-hydrogen) atoms. The number of carbonyl (C=O) groups is 4. The van der Waals surface area contributed by atoms with E-state index in [4.69, 9.17) is 75.6 Å². The van der Waals surface area contributed by atoms with E-state index in [2.05, 4.69) is 20.1 Å². The van der Waals surface area contributed by atoms with E-state index >= 15 is 0 Å². The molecule has 40 atom stereocenters. The van der Waals surface area contributed by atoms with Crippen molar-refractivity contribution in [1.29, 1.82) is 0 Å². The van der Waals surface area contributed by atoms with E-state index in [0.29, 0.717) is 0 Å². The lowest BCUT2D eigenvalue weighted by atomic mass is 9.93. The first kappa shape index (κ1) is 84.9. The van der Waals surface area contributed by atoms with Gasteiger partial charge in [0.1, 0.15) is 189 Å². The van der Waals surface area contributed by atoms with Gasteiger partial charge in [0.15, 0.2) is 56.4 Å². The molecule has 48 nitrogen and oxygen atoms in total. The SMILES string of the molecule is CC(=O)N[C@@H]1[C@@H](O)[C@H](O[C@@H]2O[C@H](CO)[C@@H](O[C@@H]3O[C@H](CO[C@H]4O[C@H](CO)[C@@H](O)[C@H](O)[C@@H]4O)[C@@H](O)[C@H](O[C@H]4O[C@H](CO)[C@@H](O)[C@H](O)[C@@H]4O[C@@H]4O[C@H](CO)[C@@H](O[C@@H]5O[C@H](CO)[C@H](O)[C@H](O[C@@H]6O[C@H](C(=O)OS(=O)(=O)O)[C@@H](O)[C@H](O)[C@H]6O)[C@H]5O)[C@H](O)[C@H]4NC(C)=O)[C@@H]3O)[C@H](O)[C@H]2NC(C)=O)[C@@H](CO)O[C@H]1O. The summed E-state index contributed by atoms with van der Waals surface area (Å²) < 4.78 is 122. The van der Waals surface area contributed by atoms with Crippen molar-refractivity contribution in [2.24, 2.45) is 0 Å². The number of aliphatic hydroxyl groups excluding tert-OH is 22. The van der Waals surface area contributed by atoms with Crippen molar-refractivity contribution in [3.63, 3.8) is 0 Å². The van der Waals surface area contributed by atoms with Gasteiger partial charge in [-0.25, -0.2) is 4.79 Å². The number of rotatable bonds is 26. The zero-order chi connectivity index (χ0) is 76.3. The molecule has 0 saturated carbocycles. The Hall–Kier alpha value is -3.69. The van der Waals surface area contributed by atoms with Crippen LogP contribution in [0.15, 0.2) is 0 Å². The smallest absolute Gasteiger partial charge is 0.394 e. The Kier molecular flexibility index (Phi) is 29.9. The summed E-state index contributed by atoms with van der Waals surface area (Å²) in [5.41, 5.74) is 0. The molecule has 0 bridgehead atoms. The molecule has 49 heteroatoms.